The van der Waals surface area contributed by atoms with E-state index in [9.17, 15) is 9.59 Å². The molecule has 1 atom stereocenters. The van der Waals surface area contributed by atoms with Gasteiger partial charge in [-0.3, -0.25) is 14.5 Å². The summed E-state index contributed by atoms with van der Waals surface area (Å²) >= 11 is 0. The maximum absolute atomic E-state index is 12.9. The van der Waals surface area contributed by atoms with Gasteiger partial charge in [-0.2, -0.15) is 0 Å². The van der Waals surface area contributed by atoms with Gasteiger partial charge in [-0.25, -0.2) is 0 Å². The standard InChI is InChI=1S/C22H32N4O2/c1-16-4-3-5-19(17(16)2)24-20(27)15-25-10-12-26(13-11-25)21(28)18-14-22(18)6-8-23-9-7-22/h3-5,18,23H,6-15H2,1-2H3,(H,24,27). The van der Waals surface area contributed by atoms with Crippen LogP contribution in [0.25, 0.3) is 0 Å². The highest BCUT2D eigenvalue weighted by molar-refractivity contribution is 5.93. The molecule has 1 aromatic rings. The molecule has 2 N–H and O–H groups in total. The van der Waals surface area contributed by atoms with Gasteiger partial charge in [-0.05, 0) is 68.8 Å². The first-order chi connectivity index (χ1) is 13.5. The summed E-state index contributed by atoms with van der Waals surface area (Å²) in [4.78, 5) is 29.5. The lowest BCUT2D eigenvalue weighted by atomic mass is 9.91. The second-order valence-corrected chi connectivity index (χ2v) is 8.77. The molecule has 2 heterocycles. The Bertz CT molecular complexity index is 749. The van der Waals surface area contributed by atoms with Gasteiger partial charge >= 0.3 is 0 Å². The van der Waals surface area contributed by atoms with Crippen molar-refractivity contribution in [3.05, 3.63) is 29.3 Å². The number of hydrogen-bond donors (Lipinski definition) is 2. The summed E-state index contributed by atoms with van der Waals surface area (Å²) in [7, 11) is 0. The second kappa shape index (κ2) is 7.84. The highest BCUT2D eigenvalue weighted by atomic mass is 16.2. The number of rotatable bonds is 4. The van der Waals surface area contributed by atoms with Crippen molar-refractivity contribution in [3.63, 3.8) is 0 Å². The summed E-state index contributed by atoms with van der Waals surface area (Å²) in [5, 5.41) is 6.43. The minimum absolute atomic E-state index is 0.0179. The molecule has 3 fully saturated rings. The van der Waals surface area contributed by atoms with Crippen molar-refractivity contribution < 1.29 is 9.59 Å². The predicted molar refractivity (Wildman–Crippen MR) is 110 cm³/mol. The molecule has 1 saturated carbocycles. The Morgan fingerprint density at radius 1 is 1.14 bits per heavy atom. The van der Waals surface area contributed by atoms with Crippen molar-refractivity contribution in [2.45, 2.75) is 33.1 Å². The molecule has 0 radical (unpaired) electrons. The van der Waals surface area contributed by atoms with Gasteiger partial charge in [-0.1, -0.05) is 12.1 Å². The van der Waals surface area contributed by atoms with Crippen LogP contribution in [0.4, 0.5) is 5.69 Å². The van der Waals surface area contributed by atoms with E-state index in [1.54, 1.807) is 0 Å². The lowest BCUT2D eigenvalue weighted by molar-refractivity contribution is -0.135. The molecular formula is C22H32N4O2. The Kier molecular flexibility index (Phi) is 5.43. The number of aryl methyl sites for hydroxylation is 1. The monoisotopic (exact) mass is 384 g/mol. The Balaban J connectivity index is 1.24. The molecule has 4 rings (SSSR count). The van der Waals surface area contributed by atoms with E-state index in [0.717, 1.165) is 69.8 Å². The number of piperidine rings is 1. The molecule has 2 saturated heterocycles. The van der Waals surface area contributed by atoms with Crippen LogP contribution in [0.2, 0.25) is 0 Å². The van der Waals surface area contributed by atoms with Gasteiger partial charge < -0.3 is 15.5 Å². The SMILES string of the molecule is Cc1cccc(NC(=O)CN2CCN(C(=O)C3CC34CCNCC4)CC2)c1C. The number of nitrogens with one attached hydrogen (secondary N) is 2. The molecule has 1 aromatic carbocycles. The van der Waals surface area contributed by atoms with Gasteiger partial charge in [0.2, 0.25) is 11.8 Å². The molecule has 0 bridgehead atoms. The Morgan fingerprint density at radius 2 is 1.86 bits per heavy atom. The van der Waals surface area contributed by atoms with Crippen molar-refractivity contribution in [2.24, 2.45) is 11.3 Å². The molecule has 6 heteroatoms. The van der Waals surface area contributed by atoms with E-state index >= 15 is 0 Å². The van der Waals surface area contributed by atoms with Crippen molar-refractivity contribution in [3.8, 4) is 0 Å². The summed E-state index contributed by atoms with van der Waals surface area (Å²) in [6, 6.07) is 5.97. The fraction of sp³-hybridized carbons (Fsp3) is 0.636. The molecule has 2 aliphatic heterocycles. The van der Waals surface area contributed by atoms with E-state index < -0.39 is 0 Å². The summed E-state index contributed by atoms with van der Waals surface area (Å²) in [6.45, 7) is 9.58. The quantitative estimate of drug-likeness (QED) is 0.831. The smallest absolute Gasteiger partial charge is 0.238 e. The molecule has 1 aliphatic carbocycles. The largest absolute Gasteiger partial charge is 0.340 e. The van der Waals surface area contributed by atoms with Crippen LogP contribution in [0.15, 0.2) is 18.2 Å². The number of anilines is 1. The zero-order valence-corrected chi connectivity index (χ0v) is 17.1. The van der Waals surface area contributed by atoms with E-state index in [1.165, 1.54) is 5.56 Å². The van der Waals surface area contributed by atoms with Crippen molar-refractivity contribution in [1.82, 2.24) is 15.1 Å². The van der Waals surface area contributed by atoms with Crippen LogP contribution >= 0.6 is 0 Å². The van der Waals surface area contributed by atoms with Gasteiger partial charge in [0.15, 0.2) is 0 Å². The first-order valence-corrected chi connectivity index (χ1v) is 10.6. The van der Waals surface area contributed by atoms with Crippen LogP contribution in [0.3, 0.4) is 0 Å². The van der Waals surface area contributed by atoms with Crippen molar-refractivity contribution >= 4 is 17.5 Å². The molecule has 152 valence electrons. The molecule has 28 heavy (non-hydrogen) atoms. The Morgan fingerprint density at radius 3 is 2.57 bits per heavy atom. The molecule has 1 unspecified atom stereocenters. The minimum Gasteiger partial charge on any atom is -0.340 e. The summed E-state index contributed by atoms with van der Waals surface area (Å²) in [5.74, 6) is 0.611. The zero-order valence-electron chi connectivity index (χ0n) is 17.1. The van der Waals surface area contributed by atoms with E-state index in [4.69, 9.17) is 0 Å². The second-order valence-electron chi connectivity index (χ2n) is 8.77. The van der Waals surface area contributed by atoms with Gasteiger partial charge in [0, 0.05) is 37.8 Å². The number of nitrogens with zero attached hydrogens (tertiary/aromatic N) is 2. The number of amides is 2. The van der Waals surface area contributed by atoms with E-state index in [0.29, 0.717) is 17.9 Å². The summed E-state index contributed by atoms with van der Waals surface area (Å²) in [6.07, 6.45) is 3.36. The fourth-order valence-corrected chi connectivity index (χ4v) is 4.80. The molecule has 2 amide bonds. The van der Waals surface area contributed by atoms with Crippen LogP contribution in [-0.2, 0) is 9.59 Å². The Hall–Kier alpha value is -1.92. The predicted octanol–water partition coefficient (Wildman–Crippen LogP) is 1.78. The van der Waals surface area contributed by atoms with Crippen molar-refractivity contribution in [1.29, 1.82) is 0 Å². The van der Waals surface area contributed by atoms with Crippen LogP contribution in [0.1, 0.15) is 30.4 Å². The molecule has 6 nitrogen and oxygen atoms in total. The average molecular weight is 385 g/mol. The van der Waals surface area contributed by atoms with E-state index in [-0.39, 0.29) is 11.8 Å². The molecular weight excluding hydrogens is 352 g/mol. The summed E-state index contributed by atoms with van der Waals surface area (Å²) in [5.41, 5.74) is 3.48. The third kappa shape index (κ3) is 3.94. The lowest BCUT2D eigenvalue weighted by Gasteiger charge is -2.35. The Labute approximate surface area is 167 Å². The van der Waals surface area contributed by atoms with Gasteiger partial charge in [-0.15, -0.1) is 0 Å². The highest BCUT2D eigenvalue weighted by Gasteiger charge is 2.58. The topological polar surface area (TPSA) is 64.7 Å². The third-order valence-electron chi connectivity index (χ3n) is 7.02. The fourth-order valence-electron chi connectivity index (χ4n) is 4.80. The zero-order chi connectivity index (χ0) is 19.7. The summed E-state index contributed by atoms with van der Waals surface area (Å²) < 4.78 is 0. The van der Waals surface area contributed by atoms with Crippen LogP contribution in [-0.4, -0.2) is 67.4 Å². The molecule has 3 aliphatic rings. The maximum Gasteiger partial charge on any atom is 0.238 e. The first kappa shape index (κ1) is 19.4. The van der Waals surface area contributed by atoms with Gasteiger partial charge in [0.05, 0.1) is 6.54 Å². The average Bonchev–Trinajstić information content (AvgIpc) is 3.38. The van der Waals surface area contributed by atoms with Gasteiger partial charge in [0.1, 0.15) is 0 Å². The molecule has 1 spiro atoms. The highest BCUT2D eigenvalue weighted by Crippen LogP contribution is 2.59. The first-order valence-electron chi connectivity index (χ1n) is 10.6. The number of hydrogen-bond acceptors (Lipinski definition) is 4. The van der Waals surface area contributed by atoms with Crippen LogP contribution < -0.4 is 10.6 Å². The van der Waals surface area contributed by atoms with E-state index in [1.807, 2.05) is 24.0 Å². The number of benzene rings is 1. The number of carbonyl (C=O) groups excluding carboxylic acids is 2. The van der Waals surface area contributed by atoms with Crippen LogP contribution in [0.5, 0.6) is 0 Å². The number of piperazine rings is 1. The van der Waals surface area contributed by atoms with Crippen LogP contribution in [0, 0.1) is 25.2 Å². The maximum atomic E-state index is 12.9. The number of carbonyl (C=O) groups is 2. The molecule has 0 aromatic heterocycles. The van der Waals surface area contributed by atoms with Gasteiger partial charge in [0.25, 0.3) is 0 Å². The van der Waals surface area contributed by atoms with E-state index in [2.05, 4.69) is 28.5 Å². The lowest BCUT2D eigenvalue weighted by Crippen LogP contribution is -2.51. The van der Waals surface area contributed by atoms with Crippen molar-refractivity contribution in [2.75, 3.05) is 51.1 Å². The third-order valence-corrected chi connectivity index (χ3v) is 7.02. The normalized spacial score (nSPS) is 24.2. The minimum atomic E-state index is 0.0179.